The van der Waals surface area contributed by atoms with Gasteiger partial charge in [-0.1, -0.05) is 0 Å². The van der Waals surface area contributed by atoms with Crippen LogP contribution in [-0.4, -0.2) is 55.8 Å². The molecule has 2 saturated heterocycles. The topological polar surface area (TPSA) is 52.6 Å². The van der Waals surface area contributed by atoms with Crippen molar-refractivity contribution in [2.75, 3.05) is 33.4 Å². The summed E-state index contributed by atoms with van der Waals surface area (Å²) < 4.78 is 10.9. The minimum Gasteiger partial charge on any atom is -0.458 e. The Balaban J connectivity index is 1.88. The van der Waals surface area contributed by atoms with Crippen LogP contribution in [0.25, 0.3) is 0 Å². The van der Waals surface area contributed by atoms with Crippen molar-refractivity contribution in [1.29, 1.82) is 0 Å². The van der Waals surface area contributed by atoms with E-state index in [1.165, 1.54) is 38.8 Å². The highest BCUT2D eigenvalue weighted by molar-refractivity contribution is 6.29. The van der Waals surface area contributed by atoms with Gasteiger partial charge in [0.15, 0.2) is 0 Å². The largest absolute Gasteiger partial charge is 0.458 e. The van der Waals surface area contributed by atoms with E-state index in [0.29, 0.717) is 18.6 Å². The molecule has 2 aliphatic heterocycles. The average Bonchev–Trinajstić information content (AvgIpc) is 2.44. The number of hydrogen-bond acceptors (Lipinski definition) is 4. The van der Waals surface area contributed by atoms with Crippen molar-refractivity contribution in [2.45, 2.75) is 45.1 Å². The van der Waals surface area contributed by atoms with E-state index in [9.17, 15) is 9.59 Å². The van der Waals surface area contributed by atoms with Crippen LogP contribution < -0.4 is 0 Å². The Morgan fingerprint density at radius 2 is 1.75 bits per heavy atom. The molecule has 2 heterocycles. The van der Waals surface area contributed by atoms with E-state index in [1.54, 1.807) is 6.92 Å². The van der Waals surface area contributed by atoms with Gasteiger partial charge >= 0.3 is 11.9 Å². The van der Waals surface area contributed by atoms with Crippen LogP contribution in [0.2, 0.25) is 0 Å². The molecule has 114 valence electrons. The number of fused-ring (bicyclic) bond motifs is 1. The predicted octanol–water partition coefficient (Wildman–Crippen LogP) is 1.50. The van der Waals surface area contributed by atoms with Crippen molar-refractivity contribution in [3.63, 3.8) is 0 Å². The smallest absolute Gasteiger partial charge is 0.417 e. The summed E-state index contributed by atoms with van der Waals surface area (Å²) in [7, 11) is 2.32. The summed E-state index contributed by atoms with van der Waals surface area (Å²) in [5.74, 6) is -1.33. The van der Waals surface area contributed by atoms with Gasteiger partial charge < -0.3 is 14.0 Å². The summed E-state index contributed by atoms with van der Waals surface area (Å²) >= 11 is 0. The molecule has 2 rings (SSSR count). The second-order valence-electron chi connectivity index (χ2n) is 6.21. The molecule has 0 amide bonds. The van der Waals surface area contributed by atoms with Gasteiger partial charge in [0.25, 0.3) is 0 Å². The fourth-order valence-corrected chi connectivity index (χ4v) is 3.86. The maximum absolute atomic E-state index is 11.5. The fourth-order valence-electron chi connectivity index (χ4n) is 3.86. The van der Waals surface area contributed by atoms with Crippen LogP contribution in [0.3, 0.4) is 0 Å². The number of carbonyl (C=O) groups excluding carboxylic acids is 2. The predicted molar refractivity (Wildman–Crippen MR) is 73.9 cm³/mol. The van der Waals surface area contributed by atoms with E-state index in [4.69, 9.17) is 4.74 Å². The maximum atomic E-state index is 11.5. The van der Waals surface area contributed by atoms with Crippen LogP contribution in [0.4, 0.5) is 0 Å². The van der Waals surface area contributed by atoms with Crippen molar-refractivity contribution in [2.24, 2.45) is 5.92 Å². The van der Waals surface area contributed by atoms with E-state index in [2.05, 4.69) is 11.8 Å². The number of ether oxygens (including phenoxy) is 2. The van der Waals surface area contributed by atoms with Gasteiger partial charge in [0.2, 0.25) is 0 Å². The second kappa shape index (κ2) is 6.57. The minimum absolute atomic E-state index is 0.203. The van der Waals surface area contributed by atoms with Gasteiger partial charge in [-0.2, -0.15) is 0 Å². The summed E-state index contributed by atoms with van der Waals surface area (Å²) in [6.07, 6.45) is 6.03. The van der Waals surface area contributed by atoms with Crippen LogP contribution in [0.15, 0.2) is 0 Å². The van der Waals surface area contributed by atoms with Crippen LogP contribution in [-0.2, 0) is 19.1 Å². The Morgan fingerprint density at radius 1 is 1.05 bits per heavy atom. The first-order valence-electron chi connectivity index (χ1n) is 7.75. The molecule has 0 aromatic heterocycles. The van der Waals surface area contributed by atoms with E-state index in [0.717, 1.165) is 10.9 Å². The fraction of sp³-hybridized carbons (Fsp3) is 0.867. The lowest BCUT2D eigenvalue weighted by molar-refractivity contribution is -0.947. The normalized spacial score (nSPS) is 33.1. The molecule has 20 heavy (non-hydrogen) atoms. The maximum Gasteiger partial charge on any atom is 0.417 e. The van der Waals surface area contributed by atoms with Gasteiger partial charge in [0, 0.05) is 12.3 Å². The van der Waals surface area contributed by atoms with Gasteiger partial charge in [-0.15, -0.1) is 0 Å². The zero-order valence-corrected chi connectivity index (χ0v) is 12.6. The molecule has 0 aliphatic carbocycles. The summed E-state index contributed by atoms with van der Waals surface area (Å²) in [5, 5.41) is 0. The van der Waals surface area contributed by atoms with E-state index >= 15 is 0 Å². The molecule has 5 nitrogen and oxygen atoms in total. The molecular weight excluding hydrogens is 258 g/mol. The van der Waals surface area contributed by atoms with Gasteiger partial charge in [-0.25, -0.2) is 9.59 Å². The number of quaternary nitrogens is 1. The monoisotopic (exact) mass is 284 g/mol. The summed E-state index contributed by atoms with van der Waals surface area (Å²) in [6, 6.07) is 0.576. The molecule has 0 aromatic carbocycles. The van der Waals surface area contributed by atoms with Gasteiger partial charge in [0.1, 0.15) is 6.61 Å². The van der Waals surface area contributed by atoms with Crippen LogP contribution in [0.1, 0.15) is 39.0 Å². The zero-order chi connectivity index (χ0) is 14.6. The second-order valence-corrected chi connectivity index (χ2v) is 6.21. The number of esters is 2. The third-order valence-corrected chi connectivity index (χ3v) is 4.88. The van der Waals surface area contributed by atoms with Gasteiger partial charge in [-0.3, -0.25) is 0 Å². The van der Waals surface area contributed by atoms with E-state index < -0.39 is 11.9 Å². The molecule has 5 heteroatoms. The molecule has 0 N–H and O–H groups in total. The van der Waals surface area contributed by atoms with Crippen LogP contribution in [0.5, 0.6) is 0 Å². The Morgan fingerprint density at radius 3 is 2.50 bits per heavy atom. The van der Waals surface area contributed by atoms with E-state index in [1.807, 2.05) is 0 Å². The first kappa shape index (κ1) is 15.3. The summed E-state index contributed by atoms with van der Waals surface area (Å²) in [5.41, 5.74) is 0. The standard InChI is InChI=1S/C15H26NO4/c1-3-19-14(17)15(18)20-11-12-7-6-10-16(2)9-5-4-8-13(12)16/h12-13H,3-11H2,1-2H3/q+1/t12-,13-,16?/m1/s1. The van der Waals surface area contributed by atoms with Crippen LogP contribution >= 0.6 is 0 Å². The van der Waals surface area contributed by atoms with Gasteiger partial charge in [0.05, 0.1) is 32.8 Å². The molecule has 2 fully saturated rings. The molecule has 0 aromatic rings. The van der Waals surface area contributed by atoms with Gasteiger partial charge in [-0.05, 0) is 32.6 Å². The van der Waals surface area contributed by atoms with Crippen molar-refractivity contribution < 1.29 is 23.5 Å². The highest BCUT2D eigenvalue weighted by Crippen LogP contribution is 2.36. The Kier molecular flexibility index (Phi) is 5.02. The van der Waals surface area contributed by atoms with Crippen molar-refractivity contribution in [1.82, 2.24) is 0 Å². The third-order valence-electron chi connectivity index (χ3n) is 4.88. The molecule has 0 radical (unpaired) electrons. The number of hydrogen-bond donors (Lipinski definition) is 0. The molecule has 2 aliphatic rings. The summed E-state index contributed by atoms with van der Waals surface area (Å²) in [6.45, 7) is 4.70. The lowest BCUT2D eigenvalue weighted by atomic mass is 9.82. The molecule has 3 atom stereocenters. The van der Waals surface area contributed by atoms with E-state index in [-0.39, 0.29) is 6.61 Å². The van der Waals surface area contributed by atoms with Crippen LogP contribution in [0, 0.1) is 5.92 Å². The summed E-state index contributed by atoms with van der Waals surface area (Å²) in [4.78, 5) is 22.8. The lowest BCUT2D eigenvalue weighted by Crippen LogP contribution is -2.61. The first-order valence-corrected chi connectivity index (χ1v) is 7.75. The van der Waals surface area contributed by atoms with Crippen molar-refractivity contribution >= 4 is 11.9 Å². The number of carbonyl (C=O) groups is 2. The van der Waals surface area contributed by atoms with Crippen molar-refractivity contribution in [3.8, 4) is 0 Å². The minimum atomic E-state index is -0.871. The molecule has 0 saturated carbocycles. The number of nitrogens with zero attached hydrogens (tertiary/aromatic N) is 1. The Hall–Kier alpha value is -1.10. The quantitative estimate of drug-likeness (QED) is 0.448. The molecule has 0 bridgehead atoms. The third kappa shape index (κ3) is 3.32. The highest BCUT2D eigenvalue weighted by atomic mass is 16.6. The SMILES string of the molecule is CCOC(=O)C(=O)OC[C@H]1CCC[N+]2(C)CCCC[C@H]12. The Bertz CT molecular complexity index is 367. The highest BCUT2D eigenvalue weighted by Gasteiger charge is 2.44. The number of piperidine rings is 2. The number of rotatable bonds is 3. The van der Waals surface area contributed by atoms with Crippen molar-refractivity contribution in [3.05, 3.63) is 0 Å². The average molecular weight is 284 g/mol. The molecule has 1 unspecified atom stereocenters. The first-order chi connectivity index (χ1) is 9.57. The lowest BCUT2D eigenvalue weighted by Gasteiger charge is -2.51. The molecule has 0 spiro atoms. The Labute approximate surface area is 120 Å². The molecular formula is C15H26NO4+. The zero-order valence-electron chi connectivity index (χ0n) is 12.6.